The number of aliphatic imine (C=N–C) groups is 8. The molecule has 0 saturated heterocycles. The molecule has 16 nitrogen and oxygen atoms in total. The Kier molecular flexibility index (Phi) is 53.4. The third-order valence-electron chi connectivity index (χ3n) is 16.5. The summed E-state index contributed by atoms with van der Waals surface area (Å²) in [5.41, 5.74) is 9.74. The van der Waals surface area contributed by atoms with Gasteiger partial charge in [0.1, 0.15) is 93.1 Å². The van der Waals surface area contributed by atoms with Crippen LogP contribution in [-0.4, -0.2) is 50.7 Å². The van der Waals surface area contributed by atoms with Crippen molar-refractivity contribution in [2.75, 3.05) is 0 Å². The van der Waals surface area contributed by atoms with E-state index < -0.39 is 0 Å². The second kappa shape index (κ2) is 65.1. The second-order valence-corrected chi connectivity index (χ2v) is 26.6. The molecule has 0 fully saturated rings. The van der Waals surface area contributed by atoms with Gasteiger partial charge in [-0.3, -0.25) is 0 Å². The van der Waals surface area contributed by atoms with Gasteiger partial charge in [-0.1, -0.05) is 245 Å². The first-order chi connectivity index (χ1) is 65.9. The van der Waals surface area contributed by atoms with Crippen molar-refractivity contribution < 1.29 is 140 Å². The van der Waals surface area contributed by atoms with Gasteiger partial charge >= 0.3 is 69.4 Å². The van der Waals surface area contributed by atoms with Gasteiger partial charge in [0.2, 0.25) is 0 Å². The molecule has 704 valence electrons. The number of halogens is 16. The van der Waals surface area contributed by atoms with Crippen LogP contribution in [0.3, 0.4) is 0 Å². The Labute approximate surface area is 839 Å². The van der Waals surface area contributed by atoms with E-state index in [9.17, 15) is 70.2 Å². The van der Waals surface area contributed by atoms with Crippen molar-refractivity contribution in [2.24, 2.45) is 39.9 Å². The Hall–Kier alpha value is -15.7. The summed E-state index contributed by atoms with van der Waals surface area (Å²) >= 11 is 0. The van der Waals surface area contributed by atoms with E-state index in [2.05, 4.69) is 82.5 Å². The molecule has 16 rings (SSSR count). The summed E-state index contributed by atoms with van der Waals surface area (Å²) < 4.78 is 202. The molecule has 0 N–H and O–H groups in total. The molecule has 16 aromatic rings. The Balaban J connectivity index is 0.000000281. The quantitative estimate of drug-likeness (QED) is 0.0314. The van der Waals surface area contributed by atoms with E-state index in [0.29, 0.717) is 91.0 Å². The van der Waals surface area contributed by atoms with E-state index >= 15 is 0 Å². The summed E-state index contributed by atoms with van der Waals surface area (Å²) in [6, 6.07) is 91.9. The van der Waals surface area contributed by atoms with E-state index in [1.807, 2.05) is 0 Å². The first-order valence-corrected chi connectivity index (χ1v) is 39.9. The Bertz CT molecular complexity index is 5250. The van der Waals surface area contributed by atoms with Crippen molar-refractivity contribution in [2.45, 2.75) is 0 Å². The molecule has 0 atom stereocenters. The van der Waals surface area contributed by atoms with Crippen LogP contribution in [0.15, 0.2) is 428 Å². The zero-order valence-electron chi connectivity index (χ0n) is 72.4. The zero-order valence-corrected chi connectivity index (χ0v) is 77.5. The molecule has 140 heavy (non-hydrogen) atoms. The van der Waals surface area contributed by atoms with Gasteiger partial charge in [-0.25, -0.2) is 70.2 Å². The Morgan fingerprint density at radius 1 is 0.107 bits per heavy atom. The van der Waals surface area contributed by atoms with Gasteiger partial charge in [-0.2, -0.15) is 0 Å². The molecule has 0 aliphatic rings. The first-order valence-electron chi connectivity index (χ1n) is 39.9. The topological polar surface area (TPSA) is 212 Å². The zero-order chi connectivity index (χ0) is 96.7. The molecule has 0 aliphatic heterocycles. The predicted molar refractivity (Wildman–Crippen MR) is 512 cm³/mol. The third-order valence-corrected chi connectivity index (χ3v) is 16.5. The maximum absolute atomic E-state index is 12.6. The number of rotatable bonds is 24. The van der Waals surface area contributed by atoms with Crippen LogP contribution in [-0.2, 0) is 69.4 Å². The van der Waals surface area contributed by atoms with Crippen molar-refractivity contribution >= 4 is 142 Å². The van der Waals surface area contributed by atoms with Crippen LogP contribution in [0.2, 0.25) is 0 Å². The van der Waals surface area contributed by atoms with Crippen LogP contribution in [0.1, 0.15) is 0 Å². The molecular formula is C104H72Cr4F16N16. The van der Waals surface area contributed by atoms with Crippen molar-refractivity contribution in [3.05, 3.63) is 524 Å². The minimum Gasteiger partial charge on any atom is -0.443 e. The molecule has 0 amide bonds. The van der Waals surface area contributed by atoms with Crippen molar-refractivity contribution in [3.8, 4) is 0 Å². The molecule has 0 heterocycles. The molecular weight excluding hydrogens is 1990 g/mol. The molecule has 0 bridgehead atoms. The molecule has 0 saturated carbocycles. The summed E-state index contributed by atoms with van der Waals surface area (Å²) in [7, 11) is 0. The molecule has 36 heteroatoms. The Morgan fingerprint density at radius 2 is 0.171 bits per heavy atom. The molecule has 0 aromatic heterocycles. The smallest absolute Gasteiger partial charge is 0.443 e. The summed E-state index contributed by atoms with van der Waals surface area (Å²) in [5.74, 6) is -4.90. The van der Waals surface area contributed by atoms with Crippen LogP contribution in [0.5, 0.6) is 0 Å². The van der Waals surface area contributed by atoms with Crippen LogP contribution in [0.25, 0.3) is 42.5 Å². The predicted octanol–water partition coefficient (Wildman–Crippen LogP) is 34.6. The van der Waals surface area contributed by atoms with E-state index in [4.69, 9.17) is 0 Å². The molecule has 0 spiro atoms. The van der Waals surface area contributed by atoms with Gasteiger partial charge in [0.25, 0.3) is 0 Å². The fourth-order valence-corrected chi connectivity index (χ4v) is 9.73. The standard InChI is InChI=1S/8C13H9F2N2.4Cr/c8*14-10-1-5-12(6-2-10)16-9-17-13-7-3-11(15)4-8-13;;;;/h8*1-9H;;;;/q8*-1;4*+2. The minimum absolute atomic E-state index is 0. The minimum atomic E-state index is -0.306. The summed E-state index contributed by atoms with van der Waals surface area (Å²) in [6.45, 7) is 0. The summed E-state index contributed by atoms with van der Waals surface area (Å²) in [5, 5.41) is 32.1. The number of hydrogen-bond donors (Lipinski definition) is 0. The normalized spacial score (nSPS) is 10.4. The maximum atomic E-state index is 12.6. The van der Waals surface area contributed by atoms with Gasteiger partial charge in [0.05, 0.1) is 0 Å². The number of hydrogen-bond acceptors (Lipinski definition) is 8. The van der Waals surface area contributed by atoms with Gasteiger partial charge < -0.3 is 82.5 Å². The molecule has 0 unspecified atom stereocenters. The van der Waals surface area contributed by atoms with Crippen molar-refractivity contribution in [3.63, 3.8) is 0 Å². The molecule has 16 aromatic carbocycles. The average Bonchev–Trinajstić information content (AvgIpc) is 0.921. The van der Waals surface area contributed by atoms with Crippen molar-refractivity contribution in [1.29, 1.82) is 0 Å². The van der Waals surface area contributed by atoms with E-state index in [-0.39, 0.29) is 163 Å². The average molecular weight is 2060 g/mol. The van der Waals surface area contributed by atoms with Crippen LogP contribution >= 0.6 is 0 Å². The largest absolute Gasteiger partial charge is 2.00 e. The van der Waals surface area contributed by atoms with E-state index in [1.165, 1.54) is 245 Å². The first kappa shape index (κ1) is 115. The fraction of sp³-hybridized carbons (Fsp3) is 0. The monoisotopic (exact) mass is 2060 g/mol. The summed E-state index contributed by atoms with van der Waals surface area (Å²) in [6.07, 6.45) is 10.8. The molecule has 0 aliphatic carbocycles. The van der Waals surface area contributed by atoms with Gasteiger partial charge in [-0.15, -0.1) is 0 Å². The van der Waals surface area contributed by atoms with Crippen LogP contribution in [0, 0.1) is 93.1 Å². The summed E-state index contributed by atoms with van der Waals surface area (Å²) in [4.78, 5) is 32.1. The van der Waals surface area contributed by atoms with Gasteiger partial charge in [0.15, 0.2) is 0 Å². The fourth-order valence-electron chi connectivity index (χ4n) is 9.73. The van der Waals surface area contributed by atoms with E-state index in [1.54, 1.807) is 194 Å². The number of nitrogens with zero attached hydrogens (tertiary/aromatic N) is 16. The molecule has 0 radical (unpaired) electrons. The number of benzene rings is 16. The van der Waals surface area contributed by atoms with Crippen LogP contribution in [0.4, 0.5) is 161 Å². The Morgan fingerprint density at radius 3 is 0.243 bits per heavy atom. The van der Waals surface area contributed by atoms with Crippen molar-refractivity contribution in [1.82, 2.24) is 0 Å². The van der Waals surface area contributed by atoms with E-state index in [0.717, 1.165) is 0 Å². The second-order valence-electron chi connectivity index (χ2n) is 26.6. The third kappa shape index (κ3) is 48.7. The van der Waals surface area contributed by atoms with Gasteiger partial charge in [-0.05, 0) is 285 Å². The van der Waals surface area contributed by atoms with Crippen LogP contribution < -0.4 is 0 Å². The SMILES string of the molecule is Fc1ccc(N=C[N-]c2ccc(F)cc2)cc1.Fc1ccc(N=C[N-]c2ccc(F)cc2)cc1.Fc1ccc(N=C[N-]c2ccc(F)cc2)cc1.Fc1ccc(N=C[N-]c2ccc(F)cc2)cc1.Fc1ccc(N=C[N-]c2ccc(F)cc2)cc1.Fc1ccc(N=C[N-]c2ccc(F)cc2)cc1.Fc1ccc(N=C[N-]c2ccc(F)cc2)cc1.Fc1ccc(N=C[N-]c2ccc(F)cc2)cc1.[Cr+2].[Cr+2].[Cr+2].[Cr+2]. The maximum Gasteiger partial charge on any atom is 2.00 e. The van der Waals surface area contributed by atoms with Gasteiger partial charge in [0, 0.05) is 0 Å².